The largest absolute Gasteiger partial charge is 0.464 e. The first-order valence-corrected chi connectivity index (χ1v) is 7.36. The molecule has 2 N–H and O–H groups in total. The Kier molecular flexibility index (Phi) is 4.65. The Morgan fingerprint density at radius 1 is 1.50 bits per heavy atom. The van der Waals surface area contributed by atoms with E-state index >= 15 is 0 Å². The third-order valence-electron chi connectivity index (χ3n) is 3.29. The Morgan fingerprint density at radius 2 is 2.25 bits per heavy atom. The molecule has 2 rings (SSSR count). The van der Waals surface area contributed by atoms with Gasteiger partial charge in [0.1, 0.15) is 6.04 Å². The first kappa shape index (κ1) is 14.8. The van der Waals surface area contributed by atoms with Gasteiger partial charge < -0.3 is 15.4 Å². The number of ether oxygens (including phenoxy) is 1. The summed E-state index contributed by atoms with van der Waals surface area (Å²) >= 11 is 3.35. The second kappa shape index (κ2) is 6.26. The van der Waals surface area contributed by atoms with E-state index in [1.165, 1.54) is 0 Å². The minimum Gasteiger partial charge on any atom is -0.464 e. The summed E-state index contributed by atoms with van der Waals surface area (Å²) in [5, 5.41) is 0. The number of amides is 1. The summed E-state index contributed by atoms with van der Waals surface area (Å²) in [5.74, 6) is -0.530. The van der Waals surface area contributed by atoms with E-state index < -0.39 is 6.04 Å². The maximum absolute atomic E-state index is 12.6. The Bertz CT molecular complexity index is 533. The van der Waals surface area contributed by atoms with Crippen molar-refractivity contribution in [3.63, 3.8) is 0 Å². The van der Waals surface area contributed by atoms with E-state index in [9.17, 15) is 9.59 Å². The van der Waals surface area contributed by atoms with E-state index in [4.69, 9.17) is 10.5 Å². The van der Waals surface area contributed by atoms with Crippen LogP contribution in [0.15, 0.2) is 22.7 Å². The smallest absolute Gasteiger partial charge is 0.328 e. The Morgan fingerprint density at radius 3 is 2.95 bits per heavy atom. The van der Waals surface area contributed by atoms with E-state index in [1.54, 1.807) is 30.0 Å². The summed E-state index contributed by atoms with van der Waals surface area (Å²) in [5.41, 5.74) is 6.71. The minimum atomic E-state index is -0.490. The molecule has 1 unspecified atom stereocenters. The van der Waals surface area contributed by atoms with Crippen LogP contribution in [0, 0.1) is 0 Å². The van der Waals surface area contributed by atoms with Gasteiger partial charge in [-0.25, -0.2) is 4.79 Å². The fraction of sp³-hybridized carbons (Fsp3) is 0.429. The van der Waals surface area contributed by atoms with Crippen LogP contribution in [-0.4, -0.2) is 36.0 Å². The molecule has 1 amide bonds. The Balaban J connectivity index is 2.23. The average molecular weight is 341 g/mol. The van der Waals surface area contributed by atoms with Crippen LogP contribution < -0.4 is 5.73 Å². The summed E-state index contributed by atoms with van der Waals surface area (Å²) in [4.78, 5) is 26.0. The number of likely N-dealkylation sites (tertiary alicyclic amines) is 1. The number of hydrogen-bond acceptors (Lipinski definition) is 4. The zero-order valence-electron chi connectivity index (χ0n) is 11.3. The van der Waals surface area contributed by atoms with Crippen molar-refractivity contribution in [2.24, 2.45) is 0 Å². The highest BCUT2D eigenvalue weighted by Crippen LogP contribution is 2.26. The summed E-state index contributed by atoms with van der Waals surface area (Å²) in [7, 11) is 0. The van der Waals surface area contributed by atoms with Crippen LogP contribution in [0.4, 0.5) is 5.69 Å². The molecular weight excluding hydrogens is 324 g/mol. The van der Waals surface area contributed by atoms with Gasteiger partial charge in [-0.3, -0.25) is 4.79 Å². The van der Waals surface area contributed by atoms with Crippen LogP contribution in [0.3, 0.4) is 0 Å². The maximum Gasteiger partial charge on any atom is 0.328 e. The molecular formula is C14H17BrN2O3. The Labute approximate surface area is 126 Å². The number of benzene rings is 1. The molecule has 1 fully saturated rings. The topological polar surface area (TPSA) is 72.6 Å². The van der Waals surface area contributed by atoms with Crippen molar-refractivity contribution in [1.29, 1.82) is 0 Å². The molecule has 1 aromatic rings. The summed E-state index contributed by atoms with van der Waals surface area (Å²) in [6.45, 7) is 2.64. The van der Waals surface area contributed by atoms with Crippen LogP contribution in [-0.2, 0) is 9.53 Å². The second-order valence-corrected chi connectivity index (χ2v) is 5.50. The van der Waals surface area contributed by atoms with Crippen molar-refractivity contribution < 1.29 is 14.3 Å². The van der Waals surface area contributed by atoms with E-state index in [-0.39, 0.29) is 11.9 Å². The first-order chi connectivity index (χ1) is 9.54. The normalized spacial score (nSPS) is 18.1. The molecule has 1 atom stereocenters. The molecule has 1 heterocycles. The van der Waals surface area contributed by atoms with Gasteiger partial charge in [0.2, 0.25) is 0 Å². The number of rotatable bonds is 3. The summed E-state index contributed by atoms with van der Waals surface area (Å²) in [6, 6.07) is 4.58. The molecule has 5 nitrogen and oxygen atoms in total. The number of nitrogen functional groups attached to an aromatic ring is 1. The summed E-state index contributed by atoms with van der Waals surface area (Å²) < 4.78 is 5.70. The van der Waals surface area contributed by atoms with Crippen molar-refractivity contribution >= 4 is 33.5 Å². The lowest BCUT2D eigenvalue weighted by molar-refractivity contribution is -0.147. The van der Waals surface area contributed by atoms with Gasteiger partial charge in [0.25, 0.3) is 5.91 Å². The predicted octanol–water partition coefficient (Wildman–Crippen LogP) is 2.20. The number of halogens is 1. The average Bonchev–Trinajstić information content (AvgIpc) is 2.90. The monoisotopic (exact) mass is 340 g/mol. The second-order valence-electron chi connectivity index (χ2n) is 4.65. The Hall–Kier alpha value is -1.56. The van der Waals surface area contributed by atoms with Crippen LogP contribution in [0.2, 0.25) is 0 Å². The standard InChI is InChI=1S/C14H17BrN2O3/c1-2-20-14(19)12-4-3-7-17(12)13(18)10-8-9(16)5-6-11(10)15/h5-6,8,12H,2-4,7,16H2,1H3. The molecule has 1 saturated heterocycles. The number of carbonyl (C=O) groups excluding carboxylic acids is 2. The highest BCUT2D eigenvalue weighted by molar-refractivity contribution is 9.10. The van der Waals surface area contributed by atoms with E-state index in [2.05, 4.69) is 15.9 Å². The van der Waals surface area contributed by atoms with Crippen molar-refractivity contribution in [3.8, 4) is 0 Å². The van der Waals surface area contributed by atoms with E-state index in [0.29, 0.717) is 35.3 Å². The van der Waals surface area contributed by atoms with Gasteiger partial charge in [0.05, 0.1) is 12.2 Å². The number of nitrogens with two attached hydrogens (primary N) is 1. The quantitative estimate of drug-likeness (QED) is 0.676. The molecule has 0 spiro atoms. The zero-order chi connectivity index (χ0) is 14.7. The van der Waals surface area contributed by atoms with Crippen LogP contribution in [0.5, 0.6) is 0 Å². The molecule has 0 saturated carbocycles. The van der Waals surface area contributed by atoms with Gasteiger partial charge in [0, 0.05) is 16.7 Å². The molecule has 20 heavy (non-hydrogen) atoms. The molecule has 0 radical (unpaired) electrons. The van der Waals surface area contributed by atoms with Crippen LogP contribution >= 0.6 is 15.9 Å². The molecule has 108 valence electrons. The van der Waals surface area contributed by atoms with Crippen LogP contribution in [0.1, 0.15) is 30.1 Å². The van der Waals surface area contributed by atoms with Gasteiger partial charge in [-0.1, -0.05) is 0 Å². The number of esters is 1. The minimum absolute atomic E-state index is 0.195. The fourth-order valence-corrected chi connectivity index (χ4v) is 2.77. The van der Waals surface area contributed by atoms with Crippen LogP contribution in [0.25, 0.3) is 0 Å². The maximum atomic E-state index is 12.6. The molecule has 1 aromatic carbocycles. The SMILES string of the molecule is CCOC(=O)C1CCCN1C(=O)c1cc(N)ccc1Br. The van der Waals surface area contributed by atoms with Gasteiger partial charge >= 0.3 is 5.97 Å². The molecule has 6 heteroatoms. The van der Waals surface area contributed by atoms with E-state index in [1.807, 2.05) is 0 Å². The van der Waals surface area contributed by atoms with Crippen molar-refractivity contribution in [3.05, 3.63) is 28.2 Å². The van der Waals surface area contributed by atoms with Crippen molar-refractivity contribution in [2.75, 3.05) is 18.9 Å². The summed E-state index contributed by atoms with van der Waals surface area (Å²) in [6.07, 6.45) is 1.44. The molecule has 1 aliphatic heterocycles. The lowest BCUT2D eigenvalue weighted by atomic mass is 10.1. The third kappa shape index (κ3) is 2.95. The third-order valence-corrected chi connectivity index (χ3v) is 3.98. The van der Waals surface area contributed by atoms with E-state index in [0.717, 1.165) is 6.42 Å². The predicted molar refractivity (Wildman–Crippen MR) is 79.2 cm³/mol. The molecule has 1 aliphatic rings. The number of carbonyl (C=O) groups is 2. The molecule has 0 aliphatic carbocycles. The van der Waals surface area contributed by atoms with Gasteiger partial charge in [-0.15, -0.1) is 0 Å². The number of anilines is 1. The highest BCUT2D eigenvalue weighted by Gasteiger charge is 2.36. The van der Waals surface area contributed by atoms with Gasteiger partial charge in [-0.05, 0) is 53.9 Å². The first-order valence-electron chi connectivity index (χ1n) is 6.57. The van der Waals surface area contributed by atoms with Crippen molar-refractivity contribution in [2.45, 2.75) is 25.8 Å². The fourth-order valence-electron chi connectivity index (χ4n) is 2.35. The number of nitrogens with zero attached hydrogens (tertiary/aromatic N) is 1. The lowest BCUT2D eigenvalue weighted by Gasteiger charge is -2.23. The highest BCUT2D eigenvalue weighted by atomic mass is 79.9. The lowest BCUT2D eigenvalue weighted by Crippen LogP contribution is -2.41. The van der Waals surface area contributed by atoms with Crippen molar-refractivity contribution in [1.82, 2.24) is 4.90 Å². The van der Waals surface area contributed by atoms with Gasteiger partial charge in [-0.2, -0.15) is 0 Å². The molecule has 0 bridgehead atoms. The molecule has 0 aromatic heterocycles. The number of hydrogen-bond donors (Lipinski definition) is 1. The zero-order valence-corrected chi connectivity index (χ0v) is 12.9. The van der Waals surface area contributed by atoms with Gasteiger partial charge in [0.15, 0.2) is 0 Å².